The summed E-state index contributed by atoms with van der Waals surface area (Å²) >= 11 is 0. The molecule has 0 spiro atoms. The summed E-state index contributed by atoms with van der Waals surface area (Å²) in [4.78, 5) is 0. The van der Waals surface area contributed by atoms with Crippen LogP contribution in [0.4, 0.5) is 0 Å². The summed E-state index contributed by atoms with van der Waals surface area (Å²) in [6.07, 6.45) is 11.7. The Balaban J connectivity index is 1.71. The Hall–Kier alpha value is -1.82. The molecule has 0 amide bonds. The summed E-state index contributed by atoms with van der Waals surface area (Å²) in [6, 6.07) is 14.6. The van der Waals surface area contributed by atoms with Gasteiger partial charge in [-0.15, -0.1) is 0 Å². The lowest BCUT2D eigenvalue weighted by Gasteiger charge is -2.24. The van der Waals surface area contributed by atoms with E-state index in [-0.39, 0.29) is 0 Å². The van der Waals surface area contributed by atoms with Crippen molar-refractivity contribution in [2.24, 2.45) is 5.92 Å². The molecule has 2 aromatic rings. The van der Waals surface area contributed by atoms with Gasteiger partial charge >= 0.3 is 0 Å². The van der Waals surface area contributed by atoms with Gasteiger partial charge < -0.3 is 0 Å². The number of hydrogen-bond donors (Lipinski definition) is 0. The van der Waals surface area contributed by atoms with Crippen LogP contribution in [0.2, 0.25) is 0 Å². The molecule has 1 atom stereocenters. The molecule has 0 bridgehead atoms. The molecule has 1 saturated carbocycles. The van der Waals surface area contributed by atoms with Crippen molar-refractivity contribution in [3.8, 4) is 11.1 Å². The molecule has 0 aliphatic heterocycles. The van der Waals surface area contributed by atoms with Crippen LogP contribution < -0.4 is 0 Å². The van der Waals surface area contributed by atoms with E-state index in [9.17, 15) is 0 Å². The van der Waals surface area contributed by atoms with Gasteiger partial charge in [0.25, 0.3) is 0 Å². The first-order valence-electron chi connectivity index (χ1n) is 12.0. The molecular formula is C29H38. The molecule has 0 heterocycles. The predicted molar refractivity (Wildman–Crippen MR) is 127 cm³/mol. The van der Waals surface area contributed by atoms with Crippen molar-refractivity contribution in [3.05, 3.63) is 70.8 Å². The summed E-state index contributed by atoms with van der Waals surface area (Å²) in [5, 5.41) is 0. The van der Waals surface area contributed by atoms with Gasteiger partial charge in [0.05, 0.1) is 0 Å². The molecule has 0 saturated heterocycles. The van der Waals surface area contributed by atoms with Crippen LogP contribution in [-0.4, -0.2) is 0 Å². The summed E-state index contributed by atoms with van der Waals surface area (Å²) in [5.41, 5.74) is 10.6. The van der Waals surface area contributed by atoms with Crippen molar-refractivity contribution in [1.82, 2.24) is 0 Å². The summed E-state index contributed by atoms with van der Waals surface area (Å²) in [6.45, 7) is 11.2. The average molecular weight is 387 g/mol. The van der Waals surface area contributed by atoms with E-state index in [0.29, 0.717) is 11.8 Å². The summed E-state index contributed by atoms with van der Waals surface area (Å²) in [5.74, 6) is 2.04. The van der Waals surface area contributed by atoms with Crippen LogP contribution in [0.5, 0.6) is 0 Å². The third kappa shape index (κ3) is 4.52. The SMILES string of the molecule is C=C(CCc1cc(-c2cccc3c2CCC3C)cc(C2CCCCC2)c1)C(C)C. The Bertz CT molecular complexity index is 864. The Kier molecular flexibility index (Phi) is 6.28. The average Bonchev–Trinajstić information content (AvgIpc) is 3.13. The maximum absolute atomic E-state index is 4.32. The highest BCUT2D eigenvalue weighted by molar-refractivity contribution is 5.71. The first-order valence-corrected chi connectivity index (χ1v) is 12.0. The second-order valence-electron chi connectivity index (χ2n) is 9.92. The fourth-order valence-corrected chi connectivity index (χ4v) is 5.42. The molecule has 0 nitrogen and oxygen atoms in total. The highest BCUT2D eigenvalue weighted by atomic mass is 14.3. The normalized spacial score (nSPS) is 19.5. The van der Waals surface area contributed by atoms with Crippen LogP contribution in [0.25, 0.3) is 11.1 Å². The molecule has 0 N–H and O–H groups in total. The van der Waals surface area contributed by atoms with E-state index >= 15 is 0 Å². The minimum absolute atomic E-state index is 0.579. The van der Waals surface area contributed by atoms with Crippen LogP contribution >= 0.6 is 0 Å². The third-order valence-corrected chi connectivity index (χ3v) is 7.52. The van der Waals surface area contributed by atoms with Gasteiger partial charge in [-0.05, 0) is 89.7 Å². The molecule has 29 heavy (non-hydrogen) atoms. The minimum atomic E-state index is 0.579. The van der Waals surface area contributed by atoms with Gasteiger partial charge in [0.15, 0.2) is 0 Å². The van der Waals surface area contributed by atoms with Crippen LogP contribution in [0.1, 0.15) is 99.8 Å². The van der Waals surface area contributed by atoms with E-state index in [0.717, 1.165) is 18.8 Å². The molecule has 0 aromatic heterocycles. The monoisotopic (exact) mass is 386 g/mol. The Morgan fingerprint density at radius 3 is 2.59 bits per heavy atom. The smallest absolute Gasteiger partial charge is 0.0149 e. The molecule has 2 aliphatic carbocycles. The van der Waals surface area contributed by atoms with Gasteiger partial charge in [-0.25, -0.2) is 0 Å². The molecular weight excluding hydrogens is 348 g/mol. The number of benzene rings is 2. The maximum atomic E-state index is 4.32. The Morgan fingerprint density at radius 1 is 1.03 bits per heavy atom. The fourth-order valence-electron chi connectivity index (χ4n) is 5.42. The third-order valence-electron chi connectivity index (χ3n) is 7.52. The number of aryl methyl sites for hydroxylation is 1. The van der Waals surface area contributed by atoms with Crippen LogP contribution in [0.15, 0.2) is 48.6 Å². The lowest BCUT2D eigenvalue weighted by Crippen LogP contribution is -2.06. The molecule has 2 aromatic carbocycles. The standard InChI is InChI=1S/C29H38/c1-20(2)21(3)13-15-23-17-25(24-9-6-5-7-10-24)19-26(18-23)28-12-8-11-27-22(4)14-16-29(27)28/h8,11-12,17-20,22,24H,3,5-7,9-10,13-16H2,1-2,4H3. The first kappa shape index (κ1) is 20.5. The lowest BCUT2D eigenvalue weighted by atomic mass is 9.81. The minimum Gasteiger partial charge on any atom is -0.0996 e. The van der Waals surface area contributed by atoms with Gasteiger partial charge in [-0.1, -0.05) is 88.6 Å². The molecule has 0 heteroatoms. The number of hydrogen-bond acceptors (Lipinski definition) is 0. The number of allylic oxidation sites excluding steroid dienone is 1. The van der Waals surface area contributed by atoms with Crippen molar-refractivity contribution in [3.63, 3.8) is 0 Å². The van der Waals surface area contributed by atoms with Crippen molar-refractivity contribution in [2.75, 3.05) is 0 Å². The molecule has 2 aliphatic rings. The fraction of sp³-hybridized carbons (Fsp3) is 0.517. The first-order chi connectivity index (χ1) is 14.0. The van der Waals surface area contributed by atoms with Gasteiger partial charge in [-0.3, -0.25) is 0 Å². The van der Waals surface area contributed by atoms with Crippen molar-refractivity contribution in [2.45, 2.75) is 90.4 Å². The van der Waals surface area contributed by atoms with E-state index in [1.807, 2.05) is 0 Å². The molecule has 1 fully saturated rings. The molecule has 4 rings (SSSR count). The zero-order valence-corrected chi connectivity index (χ0v) is 18.8. The van der Waals surface area contributed by atoms with Crippen molar-refractivity contribution in [1.29, 1.82) is 0 Å². The van der Waals surface area contributed by atoms with E-state index in [4.69, 9.17) is 0 Å². The summed E-state index contributed by atoms with van der Waals surface area (Å²) < 4.78 is 0. The van der Waals surface area contributed by atoms with E-state index in [1.54, 1.807) is 16.7 Å². The zero-order chi connectivity index (χ0) is 20.4. The summed E-state index contributed by atoms with van der Waals surface area (Å²) in [7, 11) is 0. The lowest BCUT2D eigenvalue weighted by molar-refractivity contribution is 0.443. The van der Waals surface area contributed by atoms with Crippen molar-refractivity contribution >= 4 is 0 Å². The van der Waals surface area contributed by atoms with Gasteiger partial charge in [0, 0.05) is 0 Å². The maximum Gasteiger partial charge on any atom is -0.0149 e. The number of rotatable bonds is 6. The van der Waals surface area contributed by atoms with Gasteiger partial charge in [-0.2, -0.15) is 0 Å². The van der Waals surface area contributed by atoms with Crippen LogP contribution in [0, 0.1) is 5.92 Å². The van der Waals surface area contributed by atoms with E-state index < -0.39 is 0 Å². The second kappa shape index (κ2) is 8.90. The molecule has 154 valence electrons. The quantitative estimate of drug-likeness (QED) is 0.436. The van der Waals surface area contributed by atoms with Gasteiger partial charge in [0.1, 0.15) is 0 Å². The highest BCUT2D eigenvalue weighted by Gasteiger charge is 2.23. The predicted octanol–water partition coefficient (Wildman–Crippen LogP) is 8.60. The molecule has 0 radical (unpaired) electrons. The van der Waals surface area contributed by atoms with Gasteiger partial charge in [0.2, 0.25) is 0 Å². The van der Waals surface area contributed by atoms with Crippen LogP contribution in [-0.2, 0) is 12.8 Å². The van der Waals surface area contributed by atoms with E-state index in [2.05, 4.69) is 63.7 Å². The Labute approximate surface area is 178 Å². The van der Waals surface area contributed by atoms with Crippen LogP contribution in [0.3, 0.4) is 0 Å². The zero-order valence-electron chi connectivity index (χ0n) is 18.8. The van der Waals surface area contributed by atoms with E-state index in [1.165, 1.54) is 67.2 Å². The highest BCUT2D eigenvalue weighted by Crippen LogP contribution is 2.41. The number of fused-ring (bicyclic) bond motifs is 1. The molecule has 1 unspecified atom stereocenters. The topological polar surface area (TPSA) is 0 Å². The second-order valence-corrected chi connectivity index (χ2v) is 9.92. The largest absolute Gasteiger partial charge is 0.0996 e. The Morgan fingerprint density at radius 2 is 1.83 bits per heavy atom. The van der Waals surface area contributed by atoms with Crippen molar-refractivity contribution < 1.29 is 0 Å².